The second-order valence-corrected chi connectivity index (χ2v) is 4.65. The molecule has 2 aromatic rings. The van der Waals surface area contributed by atoms with E-state index in [2.05, 4.69) is 0 Å². The monoisotopic (exact) mass is 285 g/mol. The van der Waals surface area contributed by atoms with Gasteiger partial charge in [0, 0.05) is 5.69 Å². The molecule has 2 aromatic carbocycles. The Labute approximate surface area is 122 Å². The van der Waals surface area contributed by atoms with Gasteiger partial charge in [-0.25, -0.2) is 9.59 Å². The highest BCUT2D eigenvalue weighted by molar-refractivity contribution is 5.90. The van der Waals surface area contributed by atoms with Crippen LogP contribution in [0.25, 0.3) is 0 Å². The van der Waals surface area contributed by atoms with Crippen LogP contribution in [0.2, 0.25) is 0 Å². The predicted molar refractivity (Wildman–Crippen MR) is 78.1 cm³/mol. The summed E-state index contributed by atoms with van der Waals surface area (Å²) in [7, 11) is 0. The molecule has 0 aliphatic carbocycles. The molecular weight excluding hydrogens is 270 g/mol. The first kappa shape index (κ1) is 14.6. The molecule has 0 amide bonds. The summed E-state index contributed by atoms with van der Waals surface area (Å²) in [5.41, 5.74) is 8.48. The Morgan fingerprint density at radius 3 is 2.29 bits per heavy atom. The fourth-order valence-electron chi connectivity index (χ4n) is 1.78. The van der Waals surface area contributed by atoms with Gasteiger partial charge in [0.1, 0.15) is 6.61 Å². The Morgan fingerprint density at radius 1 is 1.10 bits per heavy atom. The van der Waals surface area contributed by atoms with Crippen molar-refractivity contribution < 1.29 is 19.4 Å². The standard InChI is InChI=1S/C16H15NO4/c1-10-8-13(6-7-14(10)17)16(20)21-9-11-2-4-12(5-3-11)15(18)19/h2-8H,9,17H2,1H3,(H,18,19). The van der Waals surface area contributed by atoms with Gasteiger partial charge in [0.2, 0.25) is 0 Å². The normalized spacial score (nSPS) is 10.1. The van der Waals surface area contributed by atoms with Crippen LogP contribution in [0.5, 0.6) is 0 Å². The molecule has 0 aliphatic heterocycles. The minimum absolute atomic E-state index is 0.0855. The summed E-state index contributed by atoms with van der Waals surface area (Å²) in [6.07, 6.45) is 0. The van der Waals surface area contributed by atoms with Gasteiger partial charge in [-0.15, -0.1) is 0 Å². The topological polar surface area (TPSA) is 89.6 Å². The third-order valence-electron chi connectivity index (χ3n) is 3.08. The molecule has 0 aromatic heterocycles. The van der Waals surface area contributed by atoms with Crippen molar-refractivity contribution in [2.45, 2.75) is 13.5 Å². The lowest BCUT2D eigenvalue weighted by molar-refractivity contribution is 0.0472. The van der Waals surface area contributed by atoms with Crippen LogP contribution in [0.15, 0.2) is 42.5 Å². The molecule has 21 heavy (non-hydrogen) atoms. The van der Waals surface area contributed by atoms with Gasteiger partial charge in [0.05, 0.1) is 11.1 Å². The Bertz CT molecular complexity index is 677. The predicted octanol–water partition coefficient (Wildman–Crippen LogP) is 2.63. The molecule has 0 heterocycles. The van der Waals surface area contributed by atoms with E-state index in [1.54, 1.807) is 30.3 Å². The summed E-state index contributed by atoms with van der Waals surface area (Å²) in [5.74, 6) is -1.43. The van der Waals surface area contributed by atoms with E-state index in [0.717, 1.165) is 11.1 Å². The maximum atomic E-state index is 11.9. The fourth-order valence-corrected chi connectivity index (χ4v) is 1.78. The molecule has 108 valence electrons. The Morgan fingerprint density at radius 2 is 1.71 bits per heavy atom. The molecule has 0 unspecified atom stereocenters. The first-order chi connectivity index (χ1) is 9.97. The third-order valence-corrected chi connectivity index (χ3v) is 3.08. The van der Waals surface area contributed by atoms with Gasteiger partial charge in [-0.1, -0.05) is 12.1 Å². The van der Waals surface area contributed by atoms with Crippen LogP contribution in [0.1, 0.15) is 31.8 Å². The maximum Gasteiger partial charge on any atom is 0.338 e. The van der Waals surface area contributed by atoms with Crippen LogP contribution in [0, 0.1) is 6.92 Å². The molecule has 0 spiro atoms. The number of nitrogen functional groups attached to an aromatic ring is 1. The smallest absolute Gasteiger partial charge is 0.338 e. The van der Waals surface area contributed by atoms with Gasteiger partial charge in [-0.3, -0.25) is 0 Å². The number of aromatic carboxylic acids is 1. The number of carbonyl (C=O) groups excluding carboxylic acids is 1. The van der Waals surface area contributed by atoms with E-state index < -0.39 is 11.9 Å². The second-order valence-electron chi connectivity index (χ2n) is 4.65. The summed E-state index contributed by atoms with van der Waals surface area (Å²) < 4.78 is 5.18. The van der Waals surface area contributed by atoms with Gasteiger partial charge in [0.25, 0.3) is 0 Å². The van der Waals surface area contributed by atoms with Crippen LogP contribution in [-0.2, 0) is 11.3 Å². The molecule has 3 N–H and O–H groups in total. The highest BCUT2D eigenvalue weighted by Gasteiger charge is 2.09. The van der Waals surface area contributed by atoms with Gasteiger partial charge >= 0.3 is 11.9 Å². The number of hydrogen-bond acceptors (Lipinski definition) is 4. The molecule has 0 fully saturated rings. The van der Waals surface area contributed by atoms with Gasteiger partial charge in [-0.05, 0) is 48.4 Å². The Balaban J connectivity index is 2.00. The molecule has 5 heteroatoms. The average Bonchev–Trinajstić information content (AvgIpc) is 2.48. The largest absolute Gasteiger partial charge is 0.478 e. The number of hydrogen-bond donors (Lipinski definition) is 2. The van der Waals surface area contributed by atoms with Crippen LogP contribution < -0.4 is 5.73 Å². The zero-order chi connectivity index (χ0) is 15.4. The van der Waals surface area contributed by atoms with Crippen LogP contribution in [0.4, 0.5) is 5.69 Å². The summed E-state index contributed by atoms with van der Waals surface area (Å²) >= 11 is 0. The number of esters is 1. The first-order valence-electron chi connectivity index (χ1n) is 6.33. The van der Waals surface area contributed by atoms with E-state index in [9.17, 15) is 9.59 Å². The number of carboxylic acid groups (broad SMARTS) is 1. The van der Waals surface area contributed by atoms with Gasteiger partial charge in [0.15, 0.2) is 0 Å². The van der Waals surface area contributed by atoms with Crippen molar-refractivity contribution in [1.29, 1.82) is 0 Å². The highest BCUT2D eigenvalue weighted by Crippen LogP contribution is 2.14. The molecule has 5 nitrogen and oxygen atoms in total. The molecule has 0 bridgehead atoms. The third kappa shape index (κ3) is 3.60. The molecule has 0 atom stereocenters. The molecule has 0 saturated heterocycles. The molecule has 0 saturated carbocycles. The highest BCUT2D eigenvalue weighted by atomic mass is 16.5. The number of aryl methyl sites for hydroxylation is 1. The van der Waals surface area contributed by atoms with E-state index >= 15 is 0 Å². The second kappa shape index (κ2) is 6.09. The Hall–Kier alpha value is -2.82. The van der Waals surface area contributed by atoms with Crippen molar-refractivity contribution in [3.63, 3.8) is 0 Å². The number of rotatable bonds is 4. The quantitative estimate of drug-likeness (QED) is 0.665. The van der Waals surface area contributed by atoms with Crippen molar-refractivity contribution >= 4 is 17.6 Å². The lowest BCUT2D eigenvalue weighted by atomic mass is 10.1. The number of carbonyl (C=O) groups is 2. The van der Waals surface area contributed by atoms with Crippen molar-refractivity contribution in [1.82, 2.24) is 0 Å². The van der Waals surface area contributed by atoms with Crippen molar-refractivity contribution in [3.05, 3.63) is 64.7 Å². The van der Waals surface area contributed by atoms with Gasteiger partial charge in [-0.2, -0.15) is 0 Å². The van der Waals surface area contributed by atoms with Gasteiger partial charge < -0.3 is 15.6 Å². The van der Waals surface area contributed by atoms with Crippen LogP contribution in [-0.4, -0.2) is 17.0 Å². The maximum absolute atomic E-state index is 11.9. The lowest BCUT2D eigenvalue weighted by Gasteiger charge is -2.07. The van der Waals surface area contributed by atoms with E-state index in [-0.39, 0.29) is 12.2 Å². The number of nitrogens with two attached hydrogens (primary N) is 1. The average molecular weight is 285 g/mol. The zero-order valence-electron chi connectivity index (χ0n) is 11.5. The number of anilines is 1. The van der Waals surface area contributed by atoms with E-state index in [4.69, 9.17) is 15.6 Å². The SMILES string of the molecule is Cc1cc(C(=O)OCc2ccc(C(=O)O)cc2)ccc1N. The van der Waals surface area contributed by atoms with Crippen LogP contribution >= 0.6 is 0 Å². The Kier molecular flexibility index (Phi) is 4.23. The van der Waals surface area contributed by atoms with Crippen molar-refractivity contribution in [2.24, 2.45) is 0 Å². The minimum atomic E-state index is -0.990. The fraction of sp³-hybridized carbons (Fsp3) is 0.125. The molecule has 0 radical (unpaired) electrons. The molecule has 2 rings (SSSR count). The summed E-state index contributed by atoms with van der Waals surface area (Å²) in [6, 6.07) is 11.1. The zero-order valence-corrected chi connectivity index (χ0v) is 11.5. The van der Waals surface area contributed by atoms with E-state index in [0.29, 0.717) is 11.3 Å². The molecular formula is C16H15NO4. The number of benzene rings is 2. The number of ether oxygens (including phenoxy) is 1. The summed E-state index contributed by atoms with van der Waals surface area (Å²) in [6.45, 7) is 1.90. The summed E-state index contributed by atoms with van der Waals surface area (Å²) in [4.78, 5) is 22.6. The summed E-state index contributed by atoms with van der Waals surface area (Å²) in [5, 5.41) is 8.80. The van der Waals surface area contributed by atoms with Crippen LogP contribution in [0.3, 0.4) is 0 Å². The molecule has 0 aliphatic rings. The van der Waals surface area contributed by atoms with Crippen molar-refractivity contribution in [3.8, 4) is 0 Å². The number of carboxylic acids is 1. The van der Waals surface area contributed by atoms with E-state index in [1.165, 1.54) is 12.1 Å². The minimum Gasteiger partial charge on any atom is -0.478 e. The lowest BCUT2D eigenvalue weighted by Crippen LogP contribution is -2.06. The first-order valence-corrected chi connectivity index (χ1v) is 6.33. The van der Waals surface area contributed by atoms with Crippen molar-refractivity contribution in [2.75, 3.05) is 5.73 Å². The van der Waals surface area contributed by atoms with E-state index in [1.807, 2.05) is 6.92 Å².